The molecule has 27 heavy (non-hydrogen) atoms. The third kappa shape index (κ3) is 3.16. The number of nitrogens with two attached hydrogens (primary N) is 1. The van der Waals surface area contributed by atoms with E-state index < -0.39 is 40.0 Å². The number of nitrogens with zero attached hydrogens (tertiary/aromatic N) is 3. The molecule has 146 valence electrons. The fraction of sp³-hybridized carbons (Fsp3) is 0.412. The Balaban J connectivity index is 2.31. The van der Waals surface area contributed by atoms with Gasteiger partial charge in [-0.25, -0.2) is 13.6 Å². The lowest BCUT2D eigenvalue weighted by molar-refractivity contribution is 0.144. The fourth-order valence-electron chi connectivity index (χ4n) is 3.29. The first kappa shape index (κ1) is 18.9. The largest absolute Gasteiger partial charge is 0.511 e. The maximum absolute atomic E-state index is 15.3. The van der Waals surface area contributed by atoms with Crippen LogP contribution in [0.3, 0.4) is 0 Å². The predicted molar refractivity (Wildman–Crippen MR) is 96.6 cm³/mol. The van der Waals surface area contributed by atoms with E-state index >= 15 is 4.39 Å². The Hall–Kier alpha value is -2.88. The van der Waals surface area contributed by atoms with Gasteiger partial charge in [0, 0.05) is 32.7 Å². The van der Waals surface area contributed by atoms with Crippen molar-refractivity contribution >= 4 is 28.4 Å². The molecule has 0 atom stereocenters. The van der Waals surface area contributed by atoms with E-state index in [1.54, 1.807) is 11.8 Å². The van der Waals surface area contributed by atoms with Crippen LogP contribution in [0.4, 0.5) is 25.0 Å². The molecule has 0 spiro atoms. The SMILES string of the molecule is CCn1cc(OC(=O)O)c(=O)c2c(N)c(F)c(N3CCN(C)CC3)c(F)c21. The van der Waals surface area contributed by atoms with Crippen LogP contribution in [-0.2, 0) is 6.54 Å². The van der Waals surface area contributed by atoms with Gasteiger partial charge in [0.2, 0.25) is 5.43 Å². The summed E-state index contributed by atoms with van der Waals surface area (Å²) in [6, 6.07) is 0. The smallest absolute Gasteiger partial charge is 0.449 e. The second kappa shape index (κ2) is 7.03. The zero-order valence-corrected chi connectivity index (χ0v) is 15.0. The summed E-state index contributed by atoms with van der Waals surface area (Å²) in [5.41, 5.74) is 3.90. The van der Waals surface area contributed by atoms with E-state index in [1.807, 2.05) is 11.9 Å². The number of pyridine rings is 1. The molecule has 2 heterocycles. The number of ether oxygens (including phenoxy) is 1. The van der Waals surface area contributed by atoms with Crippen molar-refractivity contribution in [2.45, 2.75) is 13.5 Å². The average molecular weight is 382 g/mol. The summed E-state index contributed by atoms with van der Waals surface area (Å²) >= 11 is 0. The molecule has 10 heteroatoms. The van der Waals surface area contributed by atoms with Crippen LogP contribution in [0.5, 0.6) is 5.75 Å². The van der Waals surface area contributed by atoms with E-state index in [2.05, 4.69) is 4.74 Å². The van der Waals surface area contributed by atoms with E-state index in [1.165, 1.54) is 4.57 Å². The maximum atomic E-state index is 15.3. The lowest BCUT2D eigenvalue weighted by Gasteiger charge is -2.34. The highest BCUT2D eigenvalue weighted by molar-refractivity contribution is 5.96. The minimum Gasteiger partial charge on any atom is -0.449 e. The van der Waals surface area contributed by atoms with Crippen molar-refractivity contribution in [2.24, 2.45) is 0 Å². The van der Waals surface area contributed by atoms with Gasteiger partial charge in [-0.2, -0.15) is 0 Å². The molecule has 1 aromatic heterocycles. The number of anilines is 2. The molecule has 0 radical (unpaired) electrons. The Bertz CT molecular complexity index is 968. The summed E-state index contributed by atoms with van der Waals surface area (Å²) in [6.45, 7) is 3.93. The first-order valence-electron chi connectivity index (χ1n) is 8.44. The Labute approximate surface area is 153 Å². The van der Waals surface area contributed by atoms with Crippen LogP contribution in [0.15, 0.2) is 11.0 Å². The predicted octanol–water partition coefficient (Wildman–Crippen LogP) is 1.69. The zero-order valence-electron chi connectivity index (χ0n) is 15.0. The number of hydrogen-bond acceptors (Lipinski definition) is 6. The van der Waals surface area contributed by atoms with E-state index in [4.69, 9.17) is 10.8 Å². The van der Waals surface area contributed by atoms with Gasteiger partial charge in [0.15, 0.2) is 17.4 Å². The van der Waals surface area contributed by atoms with Gasteiger partial charge in [-0.3, -0.25) is 4.79 Å². The number of aryl methyl sites for hydroxylation is 1. The third-order valence-electron chi connectivity index (χ3n) is 4.73. The van der Waals surface area contributed by atoms with Crippen molar-refractivity contribution in [3.63, 3.8) is 0 Å². The van der Waals surface area contributed by atoms with Gasteiger partial charge in [-0.05, 0) is 14.0 Å². The van der Waals surface area contributed by atoms with Crippen LogP contribution in [0.1, 0.15) is 6.92 Å². The minimum absolute atomic E-state index is 0.173. The zero-order chi connectivity index (χ0) is 19.9. The molecular weight excluding hydrogens is 362 g/mol. The van der Waals surface area contributed by atoms with Crippen LogP contribution in [0, 0.1) is 11.6 Å². The standard InChI is InChI=1S/C17H20F2N4O4/c1-3-22-8-9(27-17(25)26)16(24)10-13(20)11(18)15(12(19)14(10)22)23-6-4-21(2)5-7-23/h8H,3-7,20H2,1-2H3,(H,25,26). The molecule has 0 saturated carbocycles. The van der Waals surface area contributed by atoms with Gasteiger partial charge in [0.05, 0.1) is 22.8 Å². The summed E-state index contributed by atoms with van der Waals surface area (Å²) < 4.78 is 36.1. The molecule has 1 aliphatic heterocycles. The highest BCUT2D eigenvalue weighted by atomic mass is 19.1. The number of carboxylic acid groups (broad SMARTS) is 1. The number of carbonyl (C=O) groups is 1. The molecule has 1 aromatic carbocycles. The number of hydrogen-bond donors (Lipinski definition) is 2. The number of piperazine rings is 1. The van der Waals surface area contributed by atoms with Crippen LogP contribution in [0.2, 0.25) is 0 Å². The van der Waals surface area contributed by atoms with E-state index in [0.717, 1.165) is 6.20 Å². The topological polar surface area (TPSA) is 101 Å². The Kier molecular flexibility index (Phi) is 4.92. The first-order valence-corrected chi connectivity index (χ1v) is 8.44. The summed E-state index contributed by atoms with van der Waals surface area (Å²) in [6.07, 6.45) is -0.616. The molecule has 1 saturated heterocycles. The van der Waals surface area contributed by atoms with Crippen LogP contribution in [-0.4, -0.2) is 54.0 Å². The van der Waals surface area contributed by atoms with E-state index in [-0.39, 0.29) is 17.7 Å². The van der Waals surface area contributed by atoms with Crippen LogP contribution >= 0.6 is 0 Å². The Morgan fingerprint density at radius 1 is 1.26 bits per heavy atom. The normalized spacial score (nSPS) is 15.3. The summed E-state index contributed by atoms with van der Waals surface area (Å²) in [5, 5.41) is 8.35. The molecule has 3 N–H and O–H groups in total. The van der Waals surface area contributed by atoms with Gasteiger partial charge < -0.3 is 29.9 Å². The van der Waals surface area contributed by atoms with Gasteiger partial charge in [0.1, 0.15) is 5.69 Å². The van der Waals surface area contributed by atoms with Crippen molar-refractivity contribution in [1.82, 2.24) is 9.47 Å². The van der Waals surface area contributed by atoms with Gasteiger partial charge in [-0.1, -0.05) is 0 Å². The first-order chi connectivity index (χ1) is 12.8. The molecule has 0 amide bonds. The maximum Gasteiger partial charge on any atom is 0.511 e. The van der Waals surface area contributed by atoms with Crippen molar-refractivity contribution in [2.75, 3.05) is 43.9 Å². The second-order valence-corrected chi connectivity index (χ2v) is 6.38. The molecule has 1 fully saturated rings. The fourth-order valence-corrected chi connectivity index (χ4v) is 3.29. The van der Waals surface area contributed by atoms with Crippen LogP contribution in [0.25, 0.3) is 10.9 Å². The quantitative estimate of drug-likeness (QED) is 0.615. The lowest BCUT2D eigenvalue weighted by Crippen LogP contribution is -2.45. The number of likely N-dealkylation sites (N-methyl/N-ethyl adjacent to an activating group) is 1. The molecular formula is C17H20F2N4O4. The molecule has 0 unspecified atom stereocenters. The van der Waals surface area contributed by atoms with E-state index in [0.29, 0.717) is 26.2 Å². The Morgan fingerprint density at radius 3 is 2.44 bits per heavy atom. The third-order valence-corrected chi connectivity index (χ3v) is 4.73. The number of halogens is 2. The Morgan fingerprint density at radius 2 is 1.89 bits per heavy atom. The minimum atomic E-state index is -1.71. The molecule has 8 nitrogen and oxygen atoms in total. The van der Waals surface area contributed by atoms with Crippen molar-refractivity contribution in [3.05, 3.63) is 28.1 Å². The van der Waals surface area contributed by atoms with Crippen molar-refractivity contribution < 1.29 is 23.4 Å². The second-order valence-electron chi connectivity index (χ2n) is 6.38. The van der Waals surface area contributed by atoms with Gasteiger partial charge in [0.25, 0.3) is 0 Å². The number of rotatable bonds is 3. The average Bonchev–Trinajstić information content (AvgIpc) is 2.62. The highest BCUT2D eigenvalue weighted by Crippen LogP contribution is 2.36. The molecule has 2 aromatic rings. The number of benzene rings is 1. The number of nitrogen functional groups attached to an aromatic ring is 1. The number of fused-ring (bicyclic) bond motifs is 1. The van der Waals surface area contributed by atoms with Gasteiger partial charge in [-0.15, -0.1) is 0 Å². The summed E-state index contributed by atoms with van der Waals surface area (Å²) in [7, 11) is 1.91. The summed E-state index contributed by atoms with van der Waals surface area (Å²) in [5.74, 6) is -2.49. The van der Waals surface area contributed by atoms with Crippen molar-refractivity contribution in [1.29, 1.82) is 0 Å². The molecule has 0 bridgehead atoms. The van der Waals surface area contributed by atoms with E-state index in [9.17, 15) is 14.0 Å². The van der Waals surface area contributed by atoms with Crippen molar-refractivity contribution in [3.8, 4) is 5.75 Å². The summed E-state index contributed by atoms with van der Waals surface area (Å²) in [4.78, 5) is 27.0. The van der Waals surface area contributed by atoms with Crippen LogP contribution < -0.4 is 20.8 Å². The van der Waals surface area contributed by atoms with Gasteiger partial charge >= 0.3 is 6.16 Å². The molecule has 3 rings (SSSR count). The molecule has 1 aliphatic rings. The highest BCUT2D eigenvalue weighted by Gasteiger charge is 2.29. The molecule has 0 aliphatic carbocycles. The monoisotopic (exact) mass is 382 g/mol. The number of aromatic nitrogens is 1. The lowest BCUT2D eigenvalue weighted by atomic mass is 10.1.